The summed E-state index contributed by atoms with van der Waals surface area (Å²) in [6.07, 6.45) is 2.40. The summed E-state index contributed by atoms with van der Waals surface area (Å²) in [5.41, 5.74) is 2.33. The van der Waals surface area contributed by atoms with Gasteiger partial charge in [0.1, 0.15) is 5.82 Å². The number of hydrogen-bond acceptors (Lipinski definition) is 4. The molecule has 0 spiro atoms. The van der Waals surface area contributed by atoms with Crippen molar-refractivity contribution in [2.24, 2.45) is 5.92 Å². The molecule has 2 fully saturated rings. The van der Waals surface area contributed by atoms with Crippen LogP contribution in [0.15, 0.2) is 42.5 Å². The van der Waals surface area contributed by atoms with Gasteiger partial charge in [0.2, 0.25) is 5.91 Å². The van der Waals surface area contributed by atoms with Gasteiger partial charge in [0.15, 0.2) is 0 Å². The van der Waals surface area contributed by atoms with Gasteiger partial charge >= 0.3 is 0 Å². The highest BCUT2D eigenvalue weighted by molar-refractivity contribution is 6.02. The first kappa shape index (κ1) is 24.7. The van der Waals surface area contributed by atoms with Crippen LogP contribution in [0.1, 0.15) is 53.8 Å². The molecule has 0 bridgehead atoms. The average Bonchev–Trinajstić information content (AvgIpc) is 3.38. The number of benzene rings is 2. The average molecular weight is 481 g/mol. The summed E-state index contributed by atoms with van der Waals surface area (Å²) in [6.45, 7) is 7.50. The van der Waals surface area contributed by atoms with Crippen LogP contribution in [-0.4, -0.2) is 66.8 Å². The first-order valence-electron chi connectivity index (χ1n) is 12.3. The molecule has 7 nitrogen and oxygen atoms in total. The number of anilines is 2. The molecule has 35 heavy (non-hydrogen) atoms. The third-order valence-electron chi connectivity index (χ3n) is 6.48. The topological polar surface area (TPSA) is 73.0 Å². The molecule has 186 valence electrons. The van der Waals surface area contributed by atoms with Crippen LogP contribution in [0.25, 0.3) is 0 Å². The maximum Gasteiger partial charge on any atom is 0.256 e. The molecule has 4 rings (SSSR count). The highest BCUT2D eigenvalue weighted by Gasteiger charge is 2.28. The summed E-state index contributed by atoms with van der Waals surface area (Å²) in [5, 5.41) is 2.92. The van der Waals surface area contributed by atoms with Crippen LogP contribution in [0.5, 0.6) is 0 Å². The molecule has 2 aromatic carbocycles. The van der Waals surface area contributed by atoms with Crippen molar-refractivity contribution in [3.63, 3.8) is 0 Å². The summed E-state index contributed by atoms with van der Waals surface area (Å²) in [6, 6.07) is 11.2. The molecule has 0 saturated carbocycles. The zero-order valence-corrected chi connectivity index (χ0v) is 20.4. The molecule has 0 aliphatic carbocycles. The SMILES string of the molecule is CC(C)CC(=O)Nc1ccc(N2CCN(C(=O)c3cccc(F)c3)CC2)c(C(=O)N2CCCC2)c1. The summed E-state index contributed by atoms with van der Waals surface area (Å²) < 4.78 is 13.6. The zero-order chi connectivity index (χ0) is 24.9. The largest absolute Gasteiger partial charge is 0.367 e. The number of likely N-dealkylation sites (tertiary alicyclic amines) is 1. The number of piperazine rings is 1. The van der Waals surface area contributed by atoms with E-state index >= 15 is 0 Å². The van der Waals surface area contributed by atoms with E-state index in [1.54, 1.807) is 17.0 Å². The quantitative estimate of drug-likeness (QED) is 0.678. The molecule has 1 N–H and O–H groups in total. The van der Waals surface area contributed by atoms with Gasteiger partial charge in [-0.2, -0.15) is 0 Å². The van der Waals surface area contributed by atoms with Gasteiger partial charge in [-0.3, -0.25) is 14.4 Å². The molecule has 0 atom stereocenters. The van der Waals surface area contributed by atoms with Gasteiger partial charge < -0.3 is 20.0 Å². The van der Waals surface area contributed by atoms with Gasteiger partial charge in [-0.05, 0) is 55.2 Å². The molecule has 8 heteroatoms. The van der Waals surface area contributed by atoms with E-state index in [0.717, 1.165) is 31.6 Å². The van der Waals surface area contributed by atoms with E-state index in [1.807, 2.05) is 30.9 Å². The minimum Gasteiger partial charge on any atom is -0.367 e. The number of nitrogens with zero attached hydrogens (tertiary/aromatic N) is 3. The lowest BCUT2D eigenvalue weighted by molar-refractivity contribution is -0.116. The second-order valence-electron chi connectivity index (χ2n) is 9.67. The molecule has 0 unspecified atom stereocenters. The highest BCUT2D eigenvalue weighted by Crippen LogP contribution is 2.28. The number of nitrogens with one attached hydrogen (secondary N) is 1. The van der Waals surface area contributed by atoms with Crippen LogP contribution in [-0.2, 0) is 4.79 Å². The minimum atomic E-state index is -0.430. The van der Waals surface area contributed by atoms with E-state index in [0.29, 0.717) is 49.4 Å². The Kier molecular flexibility index (Phi) is 7.68. The summed E-state index contributed by atoms with van der Waals surface area (Å²) >= 11 is 0. The normalized spacial score (nSPS) is 16.1. The third kappa shape index (κ3) is 5.99. The Bertz CT molecular complexity index is 1090. The Morgan fingerprint density at radius 1 is 0.886 bits per heavy atom. The van der Waals surface area contributed by atoms with Crippen molar-refractivity contribution in [1.82, 2.24) is 9.80 Å². The maximum atomic E-state index is 13.6. The van der Waals surface area contributed by atoms with Crippen LogP contribution >= 0.6 is 0 Å². The standard InChI is InChI=1S/C27H33FN4O3/c1-19(2)16-25(33)29-22-8-9-24(23(18-22)27(35)31-10-3-4-11-31)30-12-14-32(15-13-30)26(34)20-6-5-7-21(28)17-20/h5-9,17-19H,3-4,10-16H2,1-2H3,(H,29,33). The number of rotatable bonds is 6. The van der Waals surface area contributed by atoms with Crippen LogP contribution in [0, 0.1) is 11.7 Å². The van der Waals surface area contributed by atoms with Crippen molar-refractivity contribution < 1.29 is 18.8 Å². The van der Waals surface area contributed by atoms with Crippen molar-refractivity contribution in [3.05, 3.63) is 59.4 Å². The molecule has 0 radical (unpaired) electrons. The highest BCUT2D eigenvalue weighted by atomic mass is 19.1. The molecule has 2 aliphatic rings. The number of hydrogen-bond donors (Lipinski definition) is 1. The second-order valence-corrected chi connectivity index (χ2v) is 9.67. The molecule has 2 heterocycles. The van der Waals surface area contributed by atoms with Crippen LogP contribution in [0.4, 0.5) is 15.8 Å². The molecule has 3 amide bonds. The molecular formula is C27H33FN4O3. The first-order chi connectivity index (χ1) is 16.8. The summed E-state index contributed by atoms with van der Waals surface area (Å²) in [7, 11) is 0. The molecule has 0 aromatic heterocycles. The minimum absolute atomic E-state index is 0.0317. The molecular weight excluding hydrogens is 447 g/mol. The fourth-order valence-corrected chi connectivity index (χ4v) is 4.69. The molecule has 2 aromatic rings. The Labute approximate surface area is 205 Å². The van der Waals surface area contributed by atoms with Gasteiger partial charge in [0, 0.05) is 62.6 Å². The Morgan fingerprint density at radius 2 is 1.57 bits per heavy atom. The van der Waals surface area contributed by atoms with Crippen molar-refractivity contribution in [2.75, 3.05) is 49.5 Å². The smallest absolute Gasteiger partial charge is 0.256 e. The fraction of sp³-hybridized carbons (Fsp3) is 0.444. The summed E-state index contributed by atoms with van der Waals surface area (Å²) in [5.74, 6) is -0.486. The lowest BCUT2D eigenvalue weighted by atomic mass is 10.1. The number of carbonyl (C=O) groups is 3. The van der Waals surface area contributed by atoms with Gasteiger partial charge in [-0.1, -0.05) is 19.9 Å². The van der Waals surface area contributed by atoms with Gasteiger partial charge in [-0.15, -0.1) is 0 Å². The number of halogens is 1. The number of amides is 3. The molecule has 2 aliphatic heterocycles. The van der Waals surface area contributed by atoms with E-state index < -0.39 is 5.82 Å². The monoisotopic (exact) mass is 480 g/mol. The predicted molar refractivity (Wildman–Crippen MR) is 134 cm³/mol. The number of carbonyl (C=O) groups excluding carboxylic acids is 3. The Hall–Kier alpha value is -3.42. The van der Waals surface area contributed by atoms with Crippen LogP contribution < -0.4 is 10.2 Å². The van der Waals surface area contributed by atoms with E-state index in [2.05, 4.69) is 10.2 Å². The van der Waals surface area contributed by atoms with Crippen LogP contribution in [0.2, 0.25) is 0 Å². The lowest BCUT2D eigenvalue weighted by Gasteiger charge is -2.37. The Balaban J connectivity index is 1.51. The second kappa shape index (κ2) is 10.9. The third-order valence-corrected chi connectivity index (χ3v) is 6.48. The zero-order valence-electron chi connectivity index (χ0n) is 20.4. The molecule has 2 saturated heterocycles. The van der Waals surface area contributed by atoms with Crippen molar-refractivity contribution in [2.45, 2.75) is 33.1 Å². The van der Waals surface area contributed by atoms with Crippen molar-refractivity contribution in [1.29, 1.82) is 0 Å². The lowest BCUT2D eigenvalue weighted by Crippen LogP contribution is -2.49. The summed E-state index contributed by atoms with van der Waals surface area (Å²) in [4.78, 5) is 44.2. The van der Waals surface area contributed by atoms with E-state index in [9.17, 15) is 18.8 Å². The Morgan fingerprint density at radius 3 is 2.23 bits per heavy atom. The van der Waals surface area contributed by atoms with E-state index in [4.69, 9.17) is 0 Å². The van der Waals surface area contributed by atoms with E-state index in [-0.39, 0.29) is 23.6 Å². The fourth-order valence-electron chi connectivity index (χ4n) is 4.69. The van der Waals surface area contributed by atoms with Gasteiger partial charge in [-0.25, -0.2) is 4.39 Å². The van der Waals surface area contributed by atoms with Crippen molar-refractivity contribution in [3.8, 4) is 0 Å². The van der Waals surface area contributed by atoms with Gasteiger partial charge in [0.25, 0.3) is 11.8 Å². The van der Waals surface area contributed by atoms with Gasteiger partial charge in [0.05, 0.1) is 5.56 Å². The maximum absolute atomic E-state index is 13.6. The predicted octanol–water partition coefficient (Wildman–Crippen LogP) is 4.01. The van der Waals surface area contributed by atoms with E-state index in [1.165, 1.54) is 18.2 Å². The van der Waals surface area contributed by atoms with Crippen LogP contribution in [0.3, 0.4) is 0 Å². The first-order valence-corrected chi connectivity index (χ1v) is 12.3. The van der Waals surface area contributed by atoms with Crippen molar-refractivity contribution >= 4 is 29.1 Å².